The molecule has 29 heavy (non-hydrogen) atoms. The molecule has 0 spiro atoms. The molecule has 0 saturated carbocycles. The van der Waals surface area contributed by atoms with Crippen LogP contribution in [0.25, 0.3) is 0 Å². The molecule has 0 bridgehead atoms. The minimum Gasteiger partial charge on any atom is -0.357 e. The van der Waals surface area contributed by atoms with Gasteiger partial charge >= 0.3 is 0 Å². The van der Waals surface area contributed by atoms with E-state index in [1.54, 1.807) is 30.5 Å². The maximum Gasteiger partial charge on any atom is 0.243 e. The summed E-state index contributed by atoms with van der Waals surface area (Å²) in [7, 11) is -1.86. The van der Waals surface area contributed by atoms with Gasteiger partial charge in [0.05, 0.1) is 11.4 Å². The highest BCUT2D eigenvalue weighted by Gasteiger charge is 2.22. The number of aliphatic imine (C=N–C) groups is 1. The number of benzene rings is 1. The van der Waals surface area contributed by atoms with E-state index >= 15 is 0 Å². The average Bonchev–Trinajstić information content (AvgIpc) is 3.24. The average molecular weight is 437 g/mol. The molecule has 6 nitrogen and oxygen atoms in total. The van der Waals surface area contributed by atoms with Crippen molar-refractivity contribution in [1.82, 2.24) is 14.9 Å². The molecule has 0 aliphatic rings. The van der Waals surface area contributed by atoms with E-state index in [0.717, 1.165) is 24.6 Å². The van der Waals surface area contributed by atoms with Gasteiger partial charge in [0.2, 0.25) is 10.0 Å². The second kappa shape index (κ2) is 10.8. The molecule has 0 saturated heterocycles. The molecule has 0 radical (unpaired) electrons. The lowest BCUT2D eigenvalue weighted by Gasteiger charge is -2.21. The van der Waals surface area contributed by atoms with Crippen molar-refractivity contribution in [3.63, 3.8) is 0 Å². The molecule has 1 heterocycles. The first-order valence-corrected chi connectivity index (χ1v) is 12.2. The Labute approximate surface area is 179 Å². The number of nitrogens with zero attached hydrogens (tertiary/aromatic N) is 2. The Morgan fingerprint density at radius 3 is 2.38 bits per heavy atom. The molecule has 0 aliphatic heterocycles. The van der Waals surface area contributed by atoms with Crippen LogP contribution >= 0.6 is 11.3 Å². The Hall–Kier alpha value is -1.90. The Bertz CT molecular complexity index is 876. The number of nitrogens with one attached hydrogen (secondary N) is 2. The zero-order valence-corrected chi connectivity index (χ0v) is 19.5. The molecule has 8 heteroatoms. The second-order valence-electron chi connectivity index (χ2n) is 7.29. The van der Waals surface area contributed by atoms with Gasteiger partial charge in [0.15, 0.2) is 5.96 Å². The van der Waals surface area contributed by atoms with Crippen molar-refractivity contribution >= 4 is 27.3 Å². The summed E-state index contributed by atoms with van der Waals surface area (Å²) < 4.78 is 26.5. The first-order valence-electron chi connectivity index (χ1n) is 9.87. The molecule has 160 valence electrons. The van der Waals surface area contributed by atoms with Crippen molar-refractivity contribution in [2.24, 2.45) is 4.99 Å². The number of hydrogen-bond acceptors (Lipinski definition) is 4. The fraction of sp³-hybridized carbons (Fsp3) is 0.476. The van der Waals surface area contributed by atoms with Gasteiger partial charge in [-0.15, -0.1) is 0 Å². The van der Waals surface area contributed by atoms with E-state index in [1.165, 1.54) is 9.87 Å². The number of thiophene rings is 1. The first kappa shape index (κ1) is 23.4. The van der Waals surface area contributed by atoms with E-state index in [1.807, 2.05) is 32.9 Å². The highest BCUT2D eigenvalue weighted by atomic mass is 32.2. The minimum atomic E-state index is -3.46. The fourth-order valence-corrected chi connectivity index (χ4v) is 4.80. The second-order valence-corrected chi connectivity index (χ2v) is 10.1. The predicted octanol–water partition coefficient (Wildman–Crippen LogP) is 3.64. The van der Waals surface area contributed by atoms with Gasteiger partial charge in [0.1, 0.15) is 0 Å². The molecule has 1 aromatic carbocycles. The Morgan fingerprint density at radius 2 is 1.83 bits per heavy atom. The van der Waals surface area contributed by atoms with Gasteiger partial charge in [-0.1, -0.05) is 19.1 Å². The van der Waals surface area contributed by atoms with Gasteiger partial charge in [0.25, 0.3) is 0 Å². The molecular formula is C21H32N4O2S2. The molecule has 0 amide bonds. The van der Waals surface area contributed by atoms with Crippen molar-refractivity contribution in [1.29, 1.82) is 0 Å². The van der Waals surface area contributed by atoms with E-state index in [4.69, 9.17) is 0 Å². The van der Waals surface area contributed by atoms with Crippen molar-refractivity contribution in [3.8, 4) is 0 Å². The minimum absolute atomic E-state index is 0.0884. The van der Waals surface area contributed by atoms with Crippen LogP contribution in [-0.4, -0.2) is 44.9 Å². The SMILES string of the molecule is CCNC(=NCc1ccc(S(=O)(=O)N(C)C(C)C)cc1)NCC(C)c1ccsc1. The van der Waals surface area contributed by atoms with E-state index < -0.39 is 10.0 Å². The Morgan fingerprint density at radius 1 is 1.14 bits per heavy atom. The molecule has 1 unspecified atom stereocenters. The van der Waals surface area contributed by atoms with E-state index in [-0.39, 0.29) is 6.04 Å². The molecule has 2 aromatic rings. The molecule has 0 aliphatic carbocycles. The Kier molecular flexibility index (Phi) is 8.67. The van der Waals surface area contributed by atoms with Crippen LogP contribution in [0, 0.1) is 0 Å². The summed E-state index contributed by atoms with van der Waals surface area (Å²) in [6.45, 7) is 9.97. The van der Waals surface area contributed by atoms with Crippen molar-refractivity contribution in [2.75, 3.05) is 20.1 Å². The third kappa shape index (κ3) is 6.55. The summed E-state index contributed by atoms with van der Waals surface area (Å²) in [6.07, 6.45) is 0. The maximum absolute atomic E-state index is 12.6. The monoisotopic (exact) mass is 436 g/mol. The van der Waals surface area contributed by atoms with Crippen LogP contribution in [0.5, 0.6) is 0 Å². The molecular weight excluding hydrogens is 404 g/mol. The largest absolute Gasteiger partial charge is 0.357 e. The topological polar surface area (TPSA) is 73.8 Å². The van der Waals surface area contributed by atoms with Crippen LogP contribution in [0.4, 0.5) is 0 Å². The molecule has 1 atom stereocenters. The van der Waals surface area contributed by atoms with Crippen molar-refractivity contribution in [3.05, 3.63) is 52.2 Å². The smallest absolute Gasteiger partial charge is 0.243 e. The van der Waals surface area contributed by atoms with Crippen LogP contribution in [0.15, 0.2) is 51.0 Å². The van der Waals surface area contributed by atoms with Gasteiger partial charge in [-0.2, -0.15) is 15.6 Å². The van der Waals surface area contributed by atoms with Gasteiger partial charge in [-0.05, 0) is 66.8 Å². The summed E-state index contributed by atoms with van der Waals surface area (Å²) in [5.41, 5.74) is 2.28. The maximum atomic E-state index is 12.6. The normalized spacial score (nSPS) is 13.7. The number of guanidine groups is 1. The molecule has 1 aromatic heterocycles. The molecule has 2 N–H and O–H groups in total. The molecule has 0 fully saturated rings. The van der Waals surface area contributed by atoms with E-state index in [9.17, 15) is 8.42 Å². The fourth-order valence-electron chi connectivity index (χ4n) is 2.65. The van der Waals surface area contributed by atoms with Crippen LogP contribution in [0.1, 0.15) is 44.7 Å². The summed E-state index contributed by atoms with van der Waals surface area (Å²) >= 11 is 1.71. The molecule has 2 rings (SSSR count). The predicted molar refractivity (Wildman–Crippen MR) is 122 cm³/mol. The highest BCUT2D eigenvalue weighted by Crippen LogP contribution is 2.18. The quantitative estimate of drug-likeness (QED) is 0.465. The highest BCUT2D eigenvalue weighted by molar-refractivity contribution is 7.89. The van der Waals surface area contributed by atoms with Crippen molar-refractivity contribution in [2.45, 2.75) is 51.1 Å². The third-order valence-electron chi connectivity index (χ3n) is 4.78. The summed E-state index contributed by atoms with van der Waals surface area (Å²) in [5, 5.41) is 10.9. The lowest BCUT2D eigenvalue weighted by molar-refractivity contribution is 0.410. The zero-order valence-electron chi connectivity index (χ0n) is 17.8. The van der Waals surface area contributed by atoms with Gasteiger partial charge in [-0.25, -0.2) is 13.4 Å². The van der Waals surface area contributed by atoms with Crippen molar-refractivity contribution < 1.29 is 8.42 Å². The zero-order chi connectivity index (χ0) is 21.4. The number of hydrogen-bond donors (Lipinski definition) is 2. The number of rotatable bonds is 9. The van der Waals surface area contributed by atoms with Gasteiger partial charge < -0.3 is 10.6 Å². The van der Waals surface area contributed by atoms with Crippen LogP contribution < -0.4 is 10.6 Å². The number of sulfonamides is 1. The summed E-state index contributed by atoms with van der Waals surface area (Å²) in [5.74, 6) is 1.15. The van der Waals surface area contributed by atoms with Crippen LogP contribution in [0.2, 0.25) is 0 Å². The van der Waals surface area contributed by atoms with E-state index in [2.05, 4.69) is 39.4 Å². The lowest BCUT2D eigenvalue weighted by Crippen LogP contribution is -2.39. The third-order valence-corrected chi connectivity index (χ3v) is 7.53. The van der Waals surface area contributed by atoms with Crippen LogP contribution in [-0.2, 0) is 16.6 Å². The summed E-state index contributed by atoms with van der Waals surface area (Å²) in [4.78, 5) is 4.93. The first-order chi connectivity index (χ1) is 13.8. The Balaban J connectivity index is 2.01. The standard InChI is InChI=1S/C21H32N4O2S2/c1-6-22-21(23-13-17(4)19-11-12-28-15-19)24-14-18-7-9-20(10-8-18)29(26,27)25(5)16(2)3/h7-12,15-17H,6,13-14H2,1-5H3,(H2,22,23,24). The van der Waals surface area contributed by atoms with E-state index in [0.29, 0.717) is 17.4 Å². The lowest BCUT2D eigenvalue weighted by atomic mass is 10.1. The van der Waals surface area contributed by atoms with Crippen LogP contribution in [0.3, 0.4) is 0 Å². The van der Waals surface area contributed by atoms with Gasteiger partial charge in [0, 0.05) is 26.2 Å². The summed E-state index contributed by atoms with van der Waals surface area (Å²) in [6, 6.07) is 9.00. The van der Waals surface area contributed by atoms with Gasteiger partial charge in [-0.3, -0.25) is 0 Å².